The summed E-state index contributed by atoms with van der Waals surface area (Å²) in [5, 5.41) is 0. The SMILES string of the molecule is COc1cc2c(cc1OC)[C@@H](C(=O)N1CCC3(CC1)OCCO3)[C@H](c1ccccc1F)N(C)C2=O. The zero-order valence-corrected chi connectivity index (χ0v) is 20.1. The van der Waals surface area contributed by atoms with Crippen LogP contribution in [0.25, 0.3) is 0 Å². The van der Waals surface area contributed by atoms with Crippen molar-refractivity contribution >= 4 is 11.8 Å². The largest absolute Gasteiger partial charge is 0.493 e. The van der Waals surface area contributed by atoms with Gasteiger partial charge in [-0.1, -0.05) is 18.2 Å². The molecule has 2 atom stereocenters. The van der Waals surface area contributed by atoms with E-state index in [1.165, 1.54) is 25.2 Å². The highest BCUT2D eigenvalue weighted by molar-refractivity contribution is 6.02. The van der Waals surface area contributed by atoms with Crippen LogP contribution in [0.5, 0.6) is 11.5 Å². The molecule has 2 aromatic carbocycles. The van der Waals surface area contributed by atoms with Crippen LogP contribution in [0.4, 0.5) is 4.39 Å². The van der Waals surface area contributed by atoms with E-state index in [1.807, 2.05) is 0 Å². The van der Waals surface area contributed by atoms with Crippen LogP contribution < -0.4 is 9.47 Å². The van der Waals surface area contributed by atoms with E-state index in [1.54, 1.807) is 42.3 Å². The van der Waals surface area contributed by atoms with Gasteiger partial charge >= 0.3 is 0 Å². The smallest absolute Gasteiger partial charge is 0.254 e. The molecular formula is C26H29FN2O6. The monoisotopic (exact) mass is 484 g/mol. The van der Waals surface area contributed by atoms with Crippen LogP contribution in [-0.4, -0.2) is 75.0 Å². The minimum Gasteiger partial charge on any atom is -0.493 e. The third-order valence-corrected chi connectivity index (χ3v) is 7.31. The Bertz CT molecular complexity index is 1140. The zero-order chi connectivity index (χ0) is 24.7. The second kappa shape index (κ2) is 9.13. The Morgan fingerprint density at radius 1 is 1.03 bits per heavy atom. The number of carbonyl (C=O) groups excluding carboxylic acids is 2. The molecule has 0 N–H and O–H groups in total. The summed E-state index contributed by atoms with van der Waals surface area (Å²) >= 11 is 0. The molecule has 8 nitrogen and oxygen atoms in total. The van der Waals surface area contributed by atoms with Crippen molar-refractivity contribution in [1.82, 2.24) is 9.80 Å². The molecule has 186 valence electrons. The van der Waals surface area contributed by atoms with Gasteiger partial charge in [-0.25, -0.2) is 4.39 Å². The van der Waals surface area contributed by atoms with Crippen molar-refractivity contribution in [3.05, 3.63) is 58.9 Å². The van der Waals surface area contributed by atoms with Gasteiger partial charge in [0, 0.05) is 44.1 Å². The highest BCUT2D eigenvalue weighted by Crippen LogP contribution is 2.47. The highest BCUT2D eigenvalue weighted by atomic mass is 19.1. The summed E-state index contributed by atoms with van der Waals surface area (Å²) in [5.74, 6) is -1.64. The maximum absolute atomic E-state index is 15.1. The molecule has 1 spiro atoms. The minimum atomic E-state index is -0.830. The first kappa shape index (κ1) is 23.6. The number of benzene rings is 2. The molecular weight excluding hydrogens is 455 g/mol. The summed E-state index contributed by atoms with van der Waals surface area (Å²) in [6.45, 7) is 1.99. The second-order valence-electron chi connectivity index (χ2n) is 9.09. The third-order valence-electron chi connectivity index (χ3n) is 7.31. The zero-order valence-electron chi connectivity index (χ0n) is 20.1. The van der Waals surface area contributed by atoms with Gasteiger partial charge in [-0.05, 0) is 23.8 Å². The Hall–Kier alpha value is -3.17. The number of nitrogens with zero attached hydrogens (tertiary/aromatic N) is 2. The molecule has 3 heterocycles. The Kier molecular flexibility index (Phi) is 6.14. The number of fused-ring (bicyclic) bond motifs is 1. The van der Waals surface area contributed by atoms with Gasteiger partial charge in [-0.2, -0.15) is 0 Å². The van der Waals surface area contributed by atoms with Crippen LogP contribution in [0.2, 0.25) is 0 Å². The Labute approximate surface area is 203 Å². The van der Waals surface area contributed by atoms with E-state index < -0.39 is 23.6 Å². The molecule has 2 saturated heterocycles. The van der Waals surface area contributed by atoms with Gasteiger partial charge in [0.1, 0.15) is 5.82 Å². The Morgan fingerprint density at radius 3 is 2.29 bits per heavy atom. The molecule has 9 heteroatoms. The van der Waals surface area contributed by atoms with Crippen molar-refractivity contribution in [3.8, 4) is 11.5 Å². The highest BCUT2D eigenvalue weighted by Gasteiger charge is 2.48. The summed E-state index contributed by atoms with van der Waals surface area (Å²) in [6.07, 6.45) is 1.12. The molecule has 5 rings (SSSR count). The van der Waals surface area contributed by atoms with Gasteiger partial charge in [0.25, 0.3) is 5.91 Å². The maximum Gasteiger partial charge on any atom is 0.254 e. The quantitative estimate of drug-likeness (QED) is 0.664. The number of likely N-dealkylation sites (N-methyl/N-ethyl adjacent to an activating group) is 1. The Balaban J connectivity index is 1.59. The van der Waals surface area contributed by atoms with Crippen molar-refractivity contribution in [3.63, 3.8) is 0 Å². The van der Waals surface area contributed by atoms with E-state index in [0.717, 1.165) is 0 Å². The van der Waals surface area contributed by atoms with Gasteiger partial charge in [-0.15, -0.1) is 0 Å². The minimum absolute atomic E-state index is 0.182. The number of ether oxygens (including phenoxy) is 4. The van der Waals surface area contributed by atoms with E-state index >= 15 is 4.39 Å². The molecule has 2 aromatic rings. The Morgan fingerprint density at radius 2 is 1.66 bits per heavy atom. The molecule has 0 aliphatic carbocycles. The predicted molar refractivity (Wildman–Crippen MR) is 124 cm³/mol. The standard InChI is InChI=1S/C26H29FN2O6/c1-28-23(16-6-4-5-7-19(16)27)22(17-14-20(32-2)21(33-3)15-18(17)24(28)30)25(31)29-10-8-26(9-11-29)34-12-13-35-26/h4-7,14-15,22-23H,8-13H2,1-3H3/t22-,23+/m1/s1. The first-order valence-corrected chi connectivity index (χ1v) is 11.7. The van der Waals surface area contributed by atoms with Crippen LogP contribution in [0.3, 0.4) is 0 Å². The molecule has 35 heavy (non-hydrogen) atoms. The molecule has 2 fully saturated rings. The van der Waals surface area contributed by atoms with Crippen LogP contribution in [-0.2, 0) is 14.3 Å². The number of hydrogen-bond donors (Lipinski definition) is 0. The number of rotatable bonds is 4. The van der Waals surface area contributed by atoms with Crippen LogP contribution in [0, 0.1) is 5.82 Å². The van der Waals surface area contributed by atoms with E-state index in [9.17, 15) is 9.59 Å². The molecule has 3 aliphatic rings. The first-order valence-electron chi connectivity index (χ1n) is 11.7. The van der Waals surface area contributed by atoms with E-state index in [-0.39, 0.29) is 17.4 Å². The number of amides is 2. The molecule has 0 radical (unpaired) electrons. The lowest BCUT2D eigenvalue weighted by molar-refractivity contribution is -0.188. The van der Waals surface area contributed by atoms with Crippen LogP contribution in [0.1, 0.15) is 46.3 Å². The fourth-order valence-electron chi connectivity index (χ4n) is 5.47. The lowest BCUT2D eigenvalue weighted by atomic mass is 9.78. The van der Waals surface area contributed by atoms with Gasteiger partial charge in [0.05, 0.1) is 39.4 Å². The topological polar surface area (TPSA) is 77.5 Å². The fraction of sp³-hybridized carbons (Fsp3) is 0.462. The lowest BCUT2D eigenvalue weighted by Crippen LogP contribution is -2.52. The number of methoxy groups -OCH3 is 2. The molecule has 0 bridgehead atoms. The molecule has 0 unspecified atom stereocenters. The van der Waals surface area contributed by atoms with E-state index in [2.05, 4.69) is 0 Å². The van der Waals surface area contributed by atoms with Crippen molar-refractivity contribution in [2.75, 3.05) is 47.6 Å². The van der Waals surface area contributed by atoms with Crippen molar-refractivity contribution in [2.45, 2.75) is 30.6 Å². The van der Waals surface area contributed by atoms with Gasteiger partial charge in [0.2, 0.25) is 5.91 Å². The number of hydrogen-bond acceptors (Lipinski definition) is 6. The second-order valence-corrected chi connectivity index (χ2v) is 9.09. The number of halogens is 1. The van der Waals surface area contributed by atoms with E-state index in [0.29, 0.717) is 61.8 Å². The predicted octanol–water partition coefficient (Wildman–Crippen LogP) is 3.12. The normalized spacial score (nSPS) is 23.4. The molecule has 0 aromatic heterocycles. The summed E-state index contributed by atoms with van der Waals surface area (Å²) in [4.78, 5) is 30.8. The summed E-state index contributed by atoms with van der Waals surface area (Å²) in [7, 11) is 4.59. The van der Waals surface area contributed by atoms with Crippen molar-refractivity contribution in [2.24, 2.45) is 0 Å². The molecule has 2 amide bonds. The molecule has 3 aliphatic heterocycles. The number of piperidine rings is 1. The maximum atomic E-state index is 15.1. The fourth-order valence-corrected chi connectivity index (χ4v) is 5.47. The van der Waals surface area contributed by atoms with Gasteiger partial charge in [0.15, 0.2) is 17.3 Å². The van der Waals surface area contributed by atoms with Crippen LogP contribution >= 0.6 is 0 Å². The third kappa shape index (κ3) is 3.92. The van der Waals surface area contributed by atoms with Crippen LogP contribution in [0.15, 0.2) is 36.4 Å². The molecule has 0 saturated carbocycles. The number of carbonyl (C=O) groups is 2. The van der Waals surface area contributed by atoms with Crippen molar-refractivity contribution < 1.29 is 32.9 Å². The van der Waals surface area contributed by atoms with Crippen molar-refractivity contribution in [1.29, 1.82) is 0 Å². The summed E-state index contributed by atoms with van der Waals surface area (Å²) < 4.78 is 37.6. The summed E-state index contributed by atoms with van der Waals surface area (Å²) in [5.41, 5.74) is 1.13. The average Bonchev–Trinajstić information content (AvgIpc) is 3.33. The average molecular weight is 485 g/mol. The first-order chi connectivity index (χ1) is 16.9. The summed E-state index contributed by atoms with van der Waals surface area (Å²) in [6, 6.07) is 8.72. The van der Waals surface area contributed by atoms with Gasteiger partial charge in [-0.3, -0.25) is 9.59 Å². The van der Waals surface area contributed by atoms with Gasteiger partial charge < -0.3 is 28.7 Å². The lowest BCUT2D eigenvalue weighted by Gasteiger charge is -2.44. The van der Waals surface area contributed by atoms with E-state index in [4.69, 9.17) is 18.9 Å². The number of likely N-dealkylation sites (tertiary alicyclic amines) is 1.